The number of hydrogen-bond donors (Lipinski definition) is 0. The molecule has 11 heteroatoms. The summed E-state index contributed by atoms with van der Waals surface area (Å²) in [6.45, 7) is 0.219. The molecule has 220 valence electrons. The quantitative estimate of drug-likeness (QED) is 0.301. The van der Waals surface area contributed by atoms with Gasteiger partial charge in [0, 0.05) is 0 Å². The van der Waals surface area contributed by atoms with Crippen LogP contribution < -0.4 is 10.2 Å². The summed E-state index contributed by atoms with van der Waals surface area (Å²) >= 11 is 0. The molecule has 6 amide bonds. The Balaban J connectivity index is 0.000000200. The third kappa shape index (κ3) is 7.91. The van der Waals surface area contributed by atoms with E-state index in [4.69, 9.17) is 0 Å². The summed E-state index contributed by atoms with van der Waals surface area (Å²) in [5.41, 5.74) is 2.71. The Bertz CT molecular complexity index is 1590. The van der Waals surface area contributed by atoms with Crippen molar-refractivity contribution >= 4 is 73.4 Å². The topological polar surface area (TPSA) is 146 Å². The minimum Gasteiger partial charge on any atom is -0.861 e. The van der Waals surface area contributed by atoms with Crippen LogP contribution in [0.25, 0.3) is 0 Å². The molecule has 2 unspecified atom stereocenters. The van der Waals surface area contributed by atoms with Crippen LogP contribution >= 0.6 is 0 Å². The van der Waals surface area contributed by atoms with Crippen molar-refractivity contribution in [2.24, 2.45) is 9.98 Å². The number of carbonyl (C=O) groups is 4. The van der Waals surface area contributed by atoms with Gasteiger partial charge in [-0.15, -0.1) is 0 Å². The second kappa shape index (κ2) is 15.4. The van der Waals surface area contributed by atoms with E-state index < -0.39 is 47.5 Å². The van der Waals surface area contributed by atoms with E-state index in [1.165, 1.54) is 0 Å². The van der Waals surface area contributed by atoms with Gasteiger partial charge in [-0.25, -0.2) is 19.6 Å². The molecule has 0 saturated carbocycles. The van der Waals surface area contributed by atoms with Gasteiger partial charge in [-0.3, -0.25) is 19.4 Å². The summed E-state index contributed by atoms with van der Waals surface area (Å²) in [6.07, 6.45) is 0. The molecule has 0 N–H and O–H groups in total. The zero-order valence-corrected chi connectivity index (χ0v) is 26.3. The zero-order valence-electron chi connectivity index (χ0n) is 24.1. The molecule has 0 aliphatic carbocycles. The van der Waals surface area contributed by atoms with Gasteiger partial charge in [0.05, 0.1) is 24.9 Å². The second-order valence-electron chi connectivity index (χ2n) is 9.97. The van der Waals surface area contributed by atoms with E-state index in [9.17, 15) is 29.4 Å². The van der Waals surface area contributed by atoms with Gasteiger partial charge in [0.2, 0.25) is 11.8 Å². The molecule has 0 fully saturated rings. The van der Waals surface area contributed by atoms with Gasteiger partial charge in [0.25, 0.3) is 0 Å². The molecule has 2 atom stereocenters. The summed E-state index contributed by atoms with van der Waals surface area (Å²) in [5, 5.41) is 24.0. The van der Waals surface area contributed by atoms with E-state index in [0.29, 0.717) is 11.1 Å². The van der Waals surface area contributed by atoms with Gasteiger partial charge in [-0.2, -0.15) is 0 Å². The summed E-state index contributed by atoms with van der Waals surface area (Å²) in [5.74, 6) is -4.54. The van der Waals surface area contributed by atoms with Crippen LogP contribution in [0, 0.1) is 0 Å². The summed E-state index contributed by atoms with van der Waals surface area (Å²) in [7, 11) is 0. The standard InChI is InChI=1S/2C17H14N2O3.Ca/c2*20-15-14(13-9-5-2-6-10-13)16(21)19(17(22)18-15)11-12-7-3-1-4-8-12;/h2*1-10,14H,11H2,(H,18,20,22);/q;;+2/p-2. The number of urea groups is 2. The van der Waals surface area contributed by atoms with Crippen molar-refractivity contribution in [1.82, 2.24) is 9.80 Å². The van der Waals surface area contributed by atoms with Gasteiger partial charge >= 0.3 is 49.8 Å². The largest absolute Gasteiger partial charge is 2.00 e. The Morgan fingerprint density at radius 3 is 1.09 bits per heavy atom. The van der Waals surface area contributed by atoms with Crippen LogP contribution in [-0.4, -0.2) is 83.2 Å². The minimum absolute atomic E-state index is 0. The molecular weight excluding hydrogens is 600 g/mol. The predicted octanol–water partition coefficient (Wildman–Crippen LogP) is 3.00. The van der Waals surface area contributed by atoms with E-state index in [-0.39, 0.29) is 50.8 Å². The minimum atomic E-state index is -1.04. The van der Waals surface area contributed by atoms with Crippen molar-refractivity contribution in [2.45, 2.75) is 24.9 Å². The van der Waals surface area contributed by atoms with Crippen molar-refractivity contribution in [3.05, 3.63) is 144 Å². The maximum absolute atomic E-state index is 12.6. The normalized spacial score (nSPS) is 17.9. The fourth-order valence-electron chi connectivity index (χ4n) is 4.83. The SMILES string of the molecule is O=C1N=C([O-])C(c2ccccc2)C(=O)N1Cc1ccccc1.O=C1N=C([O-])C(c2ccccc2)C(=O)N1Cc1ccccc1.[Ca+2]. The van der Waals surface area contributed by atoms with E-state index in [2.05, 4.69) is 9.98 Å². The Hall–Kier alpha value is -4.64. The predicted molar refractivity (Wildman–Crippen MR) is 164 cm³/mol. The number of nitrogens with zero attached hydrogens (tertiary/aromatic N) is 4. The third-order valence-electron chi connectivity index (χ3n) is 7.03. The third-order valence-corrected chi connectivity index (χ3v) is 7.03. The molecule has 45 heavy (non-hydrogen) atoms. The van der Waals surface area contributed by atoms with E-state index in [1.54, 1.807) is 60.7 Å². The number of hydrogen-bond acceptors (Lipinski definition) is 6. The number of amides is 6. The van der Waals surface area contributed by atoms with Crippen molar-refractivity contribution in [2.75, 3.05) is 0 Å². The van der Waals surface area contributed by atoms with Gasteiger partial charge in [-0.1, -0.05) is 121 Å². The number of imide groups is 2. The Labute approximate surface area is 289 Å². The molecule has 0 saturated heterocycles. The smallest absolute Gasteiger partial charge is 0.861 e. The molecule has 10 nitrogen and oxygen atoms in total. The maximum Gasteiger partial charge on any atom is 2.00 e. The molecule has 4 aromatic rings. The van der Waals surface area contributed by atoms with Gasteiger partial charge in [0.1, 0.15) is 0 Å². The number of rotatable bonds is 6. The Kier molecular flexibility index (Phi) is 11.4. The first kappa shape index (κ1) is 33.3. The van der Waals surface area contributed by atoms with E-state index >= 15 is 0 Å². The molecule has 2 aliphatic rings. The second-order valence-corrected chi connectivity index (χ2v) is 9.97. The van der Waals surface area contributed by atoms with Crippen LogP contribution in [0.15, 0.2) is 131 Å². The first-order chi connectivity index (χ1) is 21.3. The van der Waals surface area contributed by atoms with Crippen LogP contribution in [0.1, 0.15) is 34.1 Å². The monoisotopic (exact) mass is 626 g/mol. The molecule has 0 aromatic heterocycles. The number of aliphatic imine (C=N–C) groups is 2. The molecule has 0 spiro atoms. The van der Waals surface area contributed by atoms with Crippen molar-refractivity contribution in [3.8, 4) is 0 Å². The molecule has 0 bridgehead atoms. The first-order valence-electron chi connectivity index (χ1n) is 13.7. The van der Waals surface area contributed by atoms with Gasteiger partial charge < -0.3 is 10.2 Å². The van der Waals surface area contributed by atoms with Crippen molar-refractivity contribution in [1.29, 1.82) is 0 Å². The van der Waals surface area contributed by atoms with Gasteiger partial charge in [-0.05, 0) is 34.0 Å². The molecule has 2 heterocycles. The average molecular weight is 627 g/mol. The number of benzene rings is 4. The maximum atomic E-state index is 12.6. The van der Waals surface area contributed by atoms with Crippen LogP contribution in [0.4, 0.5) is 9.59 Å². The van der Waals surface area contributed by atoms with Crippen molar-refractivity contribution in [3.63, 3.8) is 0 Å². The van der Waals surface area contributed by atoms with Gasteiger partial charge in [0.15, 0.2) is 0 Å². The zero-order chi connectivity index (χ0) is 31.1. The summed E-state index contributed by atoms with van der Waals surface area (Å²) in [4.78, 5) is 58.0. The molecular formula is C34H26CaN4O6. The average Bonchev–Trinajstić information content (AvgIpc) is 3.03. The molecule has 6 rings (SSSR count). The van der Waals surface area contributed by atoms with Crippen LogP contribution in [0.3, 0.4) is 0 Å². The number of carbonyl (C=O) groups excluding carboxylic acids is 4. The Morgan fingerprint density at radius 2 is 0.778 bits per heavy atom. The summed E-state index contributed by atoms with van der Waals surface area (Å²) < 4.78 is 0. The fraction of sp³-hybridized carbons (Fsp3) is 0.118. The van der Waals surface area contributed by atoms with E-state index in [1.807, 2.05) is 60.7 Å². The molecule has 0 radical (unpaired) electrons. The van der Waals surface area contributed by atoms with Crippen LogP contribution in [-0.2, 0) is 22.7 Å². The Morgan fingerprint density at radius 1 is 0.489 bits per heavy atom. The first-order valence-corrected chi connectivity index (χ1v) is 13.7. The fourth-order valence-corrected chi connectivity index (χ4v) is 4.83. The van der Waals surface area contributed by atoms with Crippen LogP contribution in [0.2, 0.25) is 0 Å². The molecule has 4 aromatic carbocycles. The van der Waals surface area contributed by atoms with Crippen molar-refractivity contribution < 1.29 is 29.4 Å². The summed E-state index contributed by atoms with van der Waals surface area (Å²) in [6, 6.07) is 34.0. The van der Waals surface area contributed by atoms with E-state index in [0.717, 1.165) is 20.9 Å². The molecule has 2 aliphatic heterocycles. The van der Waals surface area contributed by atoms with Crippen LogP contribution in [0.5, 0.6) is 0 Å².